The summed E-state index contributed by atoms with van der Waals surface area (Å²) >= 11 is 5.41. The lowest BCUT2D eigenvalue weighted by Gasteiger charge is -2.23. The molecule has 0 spiro atoms. The molecule has 0 radical (unpaired) electrons. The highest BCUT2D eigenvalue weighted by molar-refractivity contribution is 7.71. The molecule has 1 saturated heterocycles. The maximum atomic E-state index is 5.69. The first-order valence-electron chi connectivity index (χ1n) is 6.54. The van der Waals surface area contributed by atoms with Crippen molar-refractivity contribution in [2.45, 2.75) is 26.0 Å². The van der Waals surface area contributed by atoms with Gasteiger partial charge >= 0.3 is 0 Å². The Morgan fingerprint density at radius 3 is 3.00 bits per heavy atom. The van der Waals surface area contributed by atoms with E-state index in [1.165, 1.54) is 0 Å². The second kappa shape index (κ2) is 5.07. The quantitative estimate of drug-likeness (QED) is 0.865. The minimum Gasteiger partial charge on any atom is -0.376 e. The van der Waals surface area contributed by atoms with E-state index in [1.807, 2.05) is 11.7 Å². The standard InChI is InChI=1S/C12H18N4O2S/c1-3-9-10-11(15(2)14-9)16(12(19)13-10)6-8-7-17-4-5-18-8/h8H,3-7H2,1-2H3,(H,13,19). The van der Waals surface area contributed by atoms with Gasteiger partial charge in [-0.15, -0.1) is 0 Å². The highest BCUT2D eigenvalue weighted by Crippen LogP contribution is 2.19. The van der Waals surface area contributed by atoms with Crippen molar-refractivity contribution in [3.05, 3.63) is 10.5 Å². The number of ether oxygens (including phenoxy) is 2. The first-order valence-corrected chi connectivity index (χ1v) is 6.95. The Balaban J connectivity index is 2.00. The highest BCUT2D eigenvalue weighted by atomic mass is 32.1. The summed E-state index contributed by atoms with van der Waals surface area (Å²) in [6, 6.07) is 0. The van der Waals surface area contributed by atoms with Gasteiger partial charge in [-0.05, 0) is 18.6 Å². The van der Waals surface area contributed by atoms with Gasteiger partial charge in [0, 0.05) is 7.05 Å². The van der Waals surface area contributed by atoms with Crippen LogP contribution in [0.25, 0.3) is 11.2 Å². The van der Waals surface area contributed by atoms with Crippen LogP contribution in [0.4, 0.5) is 0 Å². The van der Waals surface area contributed by atoms with Crippen LogP contribution in [-0.2, 0) is 29.5 Å². The summed E-state index contributed by atoms with van der Waals surface area (Å²) in [7, 11) is 1.94. The predicted molar refractivity (Wildman–Crippen MR) is 73.8 cm³/mol. The zero-order valence-electron chi connectivity index (χ0n) is 11.2. The number of nitrogens with one attached hydrogen (secondary N) is 1. The van der Waals surface area contributed by atoms with E-state index < -0.39 is 0 Å². The van der Waals surface area contributed by atoms with Gasteiger partial charge in [0.05, 0.1) is 38.2 Å². The molecule has 104 valence electrons. The molecule has 3 rings (SSSR count). The van der Waals surface area contributed by atoms with Gasteiger partial charge in [0.1, 0.15) is 5.52 Å². The van der Waals surface area contributed by atoms with Crippen LogP contribution in [-0.4, -0.2) is 45.3 Å². The Morgan fingerprint density at radius 1 is 1.47 bits per heavy atom. The van der Waals surface area contributed by atoms with E-state index in [9.17, 15) is 0 Å². The maximum absolute atomic E-state index is 5.69. The number of H-pyrrole nitrogens is 1. The molecule has 1 fully saturated rings. The molecular formula is C12H18N4O2S. The van der Waals surface area contributed by atoms with E-state index in [4.69, 9.17) is 21.7 Å². The highest BCUT2D eigenvalue weighted by Gasteiger charge is 2.19. The largest absolute Gasteiger partial charge is 0.376 e. The van der Waals surface area contributed by atoms with Crippen molar-refractivity contribution in [1.29, 1.82) is 0 Å². The summed E-state index contributed by atoms with van der Waals surface area (Å²) in [6.07, 6.45) is 0.940. The Hall–Kier alpha value is -1.18. The molecule has 0 saturated carbocycles. The predicted octanol–water partition coefficient (Wildman–Crippen LogP) is 1.41. The third-order valence-corrected chi connectivity index (χ3v) is 3.75. The molecule has 6 nitrogen and oxygen atoms in total. The van der Waals surface area contributed by atoms with Crippen molar-refractivity contribution < 1.29 is 9.47 Å². The lowest BCUT2D eigenvalue weighted by molar-refractivity contribution is -0.0934. The van der Waals surface area contributed by atoms with E-state index in [0.717, 1.165) is 23.3 Å². The summed E-state index contributed by atoms with van der Waals surface area (Å²) < 4.78 is 15.8. The van der Waals surface area contributed by atoms with Crippen LogP contribution in [0.1, 0.15) is 12.6 Å². The molecule has 1 aliphatic heterocycles. The summed E-state index contributed by atoms with van der Waals surface area (Å²) in [5.41, 5.74) is 3.10. The van der Waals surface area contributed by atoms with Crippen molar-refractivity contribution in [1.82, 2.24) is 19.3 Å². The van der Waals surface area contributed by atoms with E-state index in [1.54, 1.807) is 0 Å². The molecule has 0 amide bonds. The molecule has 0 bridgehead atoms. The molecule has 0 aromatic carbocycles. The summed E-state index contributed by atoms with van der Waals surface area (Å²) in [4.78, 5) is 3.26. The van der Waals surface area contributed by atoms with Crippen LogP contribution in [0.2, 0.25) is 0 Å². The smallest absolute Gasteiger partial charge is 0.179 e. The fraction of sp³-hybridized carbons (Fsp3) is 0.667. The van der Waals surface area contributed by atoms with Crippen molar-refractivity contribution >= 4 is 23.4 Å². The van der Waals surface area contributed by atoms with E-state index >= 15 is 0 Å². The minimum absolute atomic E-state index is 0.0550. The number of hydrogen-bond donors (Lipinski definition) is 1. The molecule has 1 N–H and O–H groups in total. The van der Waals surface area contributed by atoms with E-state index in [0.29, 0.717) is 31.1 Å². The van der Waals surface area contributed by atoms with Crippen molar-refractivity contribution in [3.8, 4) is 0 Å². The Kier molecular flexibility index (Phi) is 3.42. The molecule has 0 aliphatic carbocycles. The first-order chi connectivity index (χ1) is 9.20. The van der Waals surface area contributed by atoms with Crippen molar-refractivity contribution in [2.75, 3.05) is 19.8 Å². The Labute approximate surface area is 116 Å². The van der Waals surface area contributed by atoms with Crippen LogP contribution in [0.3, 0.4) is 0 Å². The fourth-order valence-electron chi connectivity index (χ4n) is 2.54. The van der Waals surface area contributed by atoms with Gasteiger partial charge < -0.3 is 14.5 Å². The minimum atomic E-state index is 0.0550. The van der Waals surface area contributed by atoms with Gasteiger partial charge in [-0.2, -0.15) is 5.10 Å². The maximum Gasteiger partial charge on any atom is 0.179 e. The monoisotopic (exact) mass is 282 g/mol. The molecule has 1 atom stereocenters. The van der Waals surface area contributed by atoms with Gasteiger partial charge in [0.15, 0.2) is 10.4 Å². The van der Waals surface area contributed by atoms with Crippen LogP contribution in [0.15, 0.2) is 0 Å². The van der Waals surface area contributed by atoms with E-state index in [2.05, 4.69) is 21.6 Å². The molecule has 3 heterocycles. The number of aryl methyl sites for hydroxylation is 2. The number of fused-ring (bicyclic) bond motifs is 1. The topological polar surface area (TPSA) is 57.0 Å². The second-order valence-electron chi connectivity index (χ2n) is 4.73. The van der Waals surface area contributed by atoms with Gasteiger partial charge in [-0.1, -0.05) is 6.92 Å². The number of aromatic amines is 1. The molecule has 19 heavy (non-hydrogen) atoms. The van der Waals surface area contributed by atoms with Crippen molar-refractivity contribution in [2.24, 2.45) is 7.05 Å². The number of rotatable bonds is 3. The average Bonchev–Trinajstić information content (AvgIpc) is 2.90. The fourth-order valence-corrected chi connectivity index (χ4v) is 2.80. The van der Waals surface area contributed by atoms with E-state index in [-0.39, 0.29) is 6.10 Å². The third kappa shape index (κ3) is 2.22. The summed E-state index contributed by atoms with van der Waals surface area (Å²) in [5, 5.41) is 4.51. The Bertz CT molecular complexity index is 636. The van der Waals surface area contributed by atoms with Gasteiger partial charge in [0.25, 0.3) is 0 Å². The van der Waals surface area contributed by atoms with Gasteiger partial charge in [-0.25, -0.2) is 0 Å². The average molecular weight is 282 g/mol. The lowest BCUT2D eigenvalue weighted by atomic mass is 10.3. The second-order valence-corrected chi connectivity index (χ2v) is 5.12. The molecule has 1 aliphatic rings. The number of aromatic nitrogens is 4. The Morgan fingerprint density at radius 2 is 2.32 bits per heavy atom. The van der Waals surface area contributed by atoms with Crippen LogP contribution in [0.5, 0.6) is 0 Å². The normalized spacial score (nSPS) is 20.2. The summed E-state index contributed by atoms with van der Waals surface area (Å²) in [5.74, 6) is 0. The number of nitrogens with zero attached hydrogens (tertiary/aromatic N) is 3. The number of hydrogen-bond acceptors (Lipinski definition) is 4. The molecule has 1 unspecified atom stereocenters. The van der Waals surface area contributed by atoms with Crippen LogP contribution < -0.4 is 0 Å². The third-order valence-electron chi connectivity index (χ3n) is 3.43. The first kappa shape index (κ1) is 12.8. The molecular weight excluding hydrogens is 264 g/mol. The number of imidazole rings is 1. The summed E-state index contributed by atoms with van der Waals surface area (Å²) in [6.45, 7) is 4.73. The van der Waals surface area contributed by atoms with Crippen LogP contribution in [0, 0.1) is 4.77 Å². The lowest BCUT2D eigenvalue weighted by Crippen LogP contribution is -2.32. The molecule has 7 heteroatoms. The van der Waals surface area contributed by atoms with Crippen LogP contribution >= 0.6 is 12.2 Å². The van der Waals surface area contributed by atoms with Crippen molar-refractivity contribution in [3.63, 3.8) is 0 Å². The molecule has 2 aromatic rings. The zero-order valence-corrected chi connectivity index (χ0v) is 12.0. The molecule has 2 aromatic heterocycles. The van der Waals surface area contributed by atoms with Gasteiger partial charge in [-0.3, -0.25) is 9.25 Å². The SMILES string of the molecule is CCc1nn(C)c2c1[nH]c(=S)n2CC1COCCO1. The van der Waals surface area contributed by atoms with Gasteiger partial charge in [0.2, 0.25) is 0 Å². The zero-order chi connectivity index (χ0) is 13.4.